The molecule has 33 heavy (non-hydrogen) atoms. The Morgan fingerprint density at radius 1 is 0.848 bits per heavy atom. The van der Waals surface area contributed by atoms with Crippen LogP contribution in [0.15, 0.2) is 66.7 Å². The van der Waals surface area contributed by atoms with Crippen LogP contribution in [0.5, 0.6) is 11.5 Å². The van der Waals surface area contributed by atoms with Gasteiger partial charge >= 0.3 is 6.03 Å². The molecule has 1 atom stereocenters. The highest BCUT2D eigenvalue weighted by Gasteiger charge is 2.32. The van der Waals surface area contributed by atoms with Gasteiger partial charge < -0.3 is 20.3 Å². The van der Waals surface area contributed by atoms with Crippen molar-refractivity contribution in [1.29, 1.82) is 0 Å². The second kappa shape index (κ2) is 9.19. The summed E-state index contributed by atoms with van der Waals surface area (Å²) in [5.41, 5.74) is 3.00. The number of likely N-dealkylation sites (tertiary alicyclic amines) is 1. The zero-order valence-corrected chi connectivity index (χ0v) is 18.1. The third-order valence-electron chi connectivity index (χ3n) is 6.19. The summed E-state index contributed by atoms with van der Waals surface area (Å²) < 4.78 is 32.0. The van der Waals surface area contributed by atoms with Crippen LogP contribution in [0.2, 0.25) is 0 Å². The topological polar surface area (TPSA) is 53.6 Å². The van der Waals surface area contributed by atoms with Crippen molar-refractivity contribution < 1.29 is 18.3 Å². The summed E-state index contributed by atoms with van der Waals surface area (Å²) in [5.74, 6) is 0.658. The van der Waals surface area contributed by atoms with E-state index in [2.05, 4.69) is 10.6 Å². The van der Waals surface area contributed by atoms with Gasteiger partial charge in [0.2, 0.25) is 0 Å². The van der Waals surface area contributed by atoms with E-state index in [-0.39, 0.29) is 23.7 Å². The molecule has 3 aromatic carbocycles. The molecule has 1 fully saturated rings. The van der Waals surface area contributed by atoms with Gasteiger partial charge in [0.1, 0.15) is 23.1 Å². The highest BCUT2D eigenvalue weighted by molar-refractivity contribution is 5.90. The minimum atomic E-state index is -0.315. The van der Waals surface area contributed by atoms with Gasteiger partial charge in [0.05, 0.1) is 0 Å². The summed E-state index contributed by atoms with van der Waals surface area (Å²) >= 11 is 0. The number of fused-ring (bicyclic) bond motifs is 1. The van der Waals surface area contributed by atoms with E-state index in [9.17, 15) is 13.6 Å². The maximum Gasteiger partial charge on any atom is 0.321 e. The van der Waals surface area contributed by atoms with Crippen molar-refractivity contribution in [1.82, 2.24) is 10.2 Å². The molecule has 1 aliphatic carbocycles. The van der Waals surface area contributed by atoms with Crippen LogP contribution in [0.25, 0.3) is 0 Å². The van der Waals surface area contributed by atoms with Gasteiger partial charge in [0.15, 0.2) is 0 Å². The minimum absolute atomic E-state index is 0.135. The first-order chi connectivity index (χ1) is 16.0. The standard InChI is InChI=1S/C26H25F2N3O2/c27-19-4-9-24(10-5-19)33-25-11-7-21(8-12-25)30-26(32)31-15-23(16-31)29-22-6-2-17-13-20(28)3-1-18(17)14-22/h1,3-5,7-13,22-23,29H,2,6,14-16H2,(H,30,32). The number of hydrogen-bond acceptors (Lipinski definition) is 3. The molecule has 2 aliphatic rings. The lowest BCUT2D eigenvalue weighted by atomic mass is 9.87. The third-order valence-corrected chi connectivity index (χ3v) is 6.19. The molecule has 1 aliphatic heterocycles. The summed E-state index contributed by atoms with van der Waals surface area (Å²) in [4.78, 5) is 14.3. The molecule has 7 heteroatoms. The lowest BCUT2D eigenvalue weighted by molar-refractivity contribution is 0.140. The number of carbonyl (C=O) groups is 1. The molecule has 1 heterocycles. The number of aryl methyl sites for hydroxylation is 1. The molecule has 0 radical (unpaired) electrons. The number of halogens is 2. The molecular formula is C26H25F2N3O2. The van der Waals surface area contributed by atoms with Crippen molar-refractivity contribution in [2.24, 2.45) is 0 Å². The van der Waals surface area contributed by atoms with Gasteiger partial charge in [0, 0.05) is 30.9 Å². The Hall–Kier alpha value is -3.45. The van der Waals surface area contributed by atoms with Crippen molar-refractivity contribution in [3.8, 4) is 11.5 Å². The van der Waals surface area contributed by atoms with E-state index in [1.165, 1.54) is 23.8 Å². The third kappa shape index (κ3) is 5.14. The fourth-order valence-corrected chi connectivity index (χ4v) is 4.40. The van der Waals surface area contributed by atoms with Crippen molar-refractivity contribution in [2.75, 3.05) is 18.4 Å². The first-order valence-electron chi connectivity index (χ1n) is 11.1. The average Bonchev–Trinajstić information content (AvgIpc) is 2.78. The number of hydrogen-bond donors (Lipinski definition) is 2. The zero-order valence-electron chi connectivity index (χ0n) is 18.1. The molecule has 0 aromatic heterocycles. The molecule has 5 nitrogen and oxygen atoms in total. The molecule has 5 rings (SSSR count). The molecule has 0 spiro atoms. The Kier molecular flexibility index (Phi) is 5.96. The molecule has 170 valence electrons. The van der Waals surface area contributed by atoms with Gasteiger partial charge in [-0.1, -0.05) is 6.07 Å². The van der Waals surface area contributed by atoms with Crippen molar-refractivity contribution in [3.05, 3.63) is 89.5 Å². The lowest BCUT2D eigenvalue weighted by Crippen LogP contribution is -2.63. The molecule has 2 amide bonds. The van der Waals surface area contributed by atoms with E-state index in [1.54, 1.807) is 47.4 Å². The molecule has 3 aromatic rings. The van der Waals surface area contributed by atoms with Crippen LogP contribution in [0.4, 0.5) is 19.3 Å². The van der Waals surface area contributed by atoms with Crippen LogP contribution in [0.3, 0.4) is 0 Å². The molecule has 2 N–H and O–H groups in total. The predicted octanol–water partition coefficient (Wildman–Crippen LogP) is 5.12. The summed E-state index contributed by atoms with van der Waals surface area (Å²) in [6.07, 6.45) is 2.75. The number of urea groups is 1. The maximum atomic E-state index is 13.4. The summed E-state index contributed by atoms with van der Waals surface area (Å²) in [7, 11) is 0. The van der Waals surface area contributed by atoms with E-state index < -0.39 is 0 Å². The zero-order chi connectivity index (χ0) is 22.8. The van der Waals surface area contributed by atoms with E-state index in [0.717, 1.165) is 24.8 Å². The Labute approximate surface area is 191 Å². The number of nitrogens with one attached hydrogen (secondary N) is 2. The summed E-state index contributed by atoms with van der Waals surface area (Å²) in [5, 5.41) is 6.54. The second-order valence-corrected chi connectivity index (χ2v) is 8.63. The van der Waals surface area contributed by atoms with E-state index >= 15 is 0 Å². The average molecular weight is 450 g/mol. The van der Waals surface area contributed by atoms with Crippen molar-refractivity contribution in [3.63, 3.8) is 0 Å². The second-order valence-electron chi connectivity index (χ2n) is 8.63. The highest BCUT2D eigenvalue weighted by atomic mass is 19.1. The van der Waals surface area contributed by atoms with E-state index in [1.807, 2.05) is 6.07 Å². The summed E-state index contributed by atoms with van der Waals surface area (Å²) in [6.45, 7) is 1.31. The van der Waals surface area contributed by atoms with E-state index in [0.29, 0.717) is 36.3 Å². The maximum absolute atomic E-state index is 13.4. The number of amides is 2. The number of nitrogens with zero attached hydrogens (tertiary/aromatic N) is 1. The fourth-order valence-electron chi connectivity index (χ4n) is 4.40. The monoisotopic (exact) mass is 449 g/mol. The van der Waals surface area contributed by atoms with Crippen molar-refractivity contribution >= 4 is 11.7 Å². The number of anilines is 1. The van der Waals surface area contributed by atoms with Gasteiger partial charge in [-0.05, 0) is 91.1 Å². The van der Waals surface area contributed by atoms with Gasteiger partial charge in [0.25, 0.3) is 0 Å². The molecular weight excluding hydrogens is 424 g/mol. The van der Waals surface area contributed by atoms with Gasteiger partial charge in [-0.15, -0.1) is 0 Å². The first kappa shape index (κ1) is 21.4. The first-order valence-corrected chi connectivity index (χ1v) is 11.1. The fraction of sp³-hybridized carbons (Fsp3) is 0.269. The largest absolute Gasteiger partial charge is 0.457 e. The quantitative estimate of drug-likeness (QED) is 0.569. The number of benzene rings is 3. The molecule has 1 unspecified atom stereocenters. The van der Waals surface area contributed by atoms with E-state index in [4.69, 9.17) is 4.74 Å². The Balaban J connectivity index is 1.07. The number of ether oxygens (including phenoxy) is 1. The molecule has 0 bridgehead atoms. The van der Waals surface area contributed by atoms with Gasteiger partial charge in [-0.25, -0.2) is 13.6 Å². The van der Waals surface area contributed by atoms with Crippen LogP contribution in [-0.4, -0.2) is 36.1 Å². The molecule has 0 saturated carbocycles. The van der Waals surface area contributed by atoms with Crippen LogP contribution in [-0.2, 0) is 12.8 Å². The normalized spacial score (nSPS) is 17.8. The van der Waals surface area contributed by atoms with Crippen molar-refractivity contribution in [2.45, 2.75) is 31.3 Å². The Morgan fingerprint density at radius 2 is 1.52 bits per heavy atom. The SMILES string of the molecule is O=C(Nc1ccc(Oc2ccc(F)cc2)cc1)N1CC(NC2CCc3cc(F)ccc3C2)C1. The van der Waals surface area contributed by atoms with Crippen LogP contribution < -0.4 is 15.4 Å². The van der Waals surface area contributed by atoms with Crippen LogP contribution in [0.1, 0.15) is 17.5 Å². The van der Waals surface area contributed by atoms with Crippen LogP contribution in [0, 0.1) is 11.6 Å². The Bertz CT molecular complexity index is 1130. The van der Waals surface area contributed by atoms with Gasteiger partial charge in [-0.2, -0.15) is 0 Å². The number of carbonyl (C=O) groups excluding carboxylic acids is 1. The van der Waals surface area contributed by atoms with Gasteiger partial charge in [-0.3, -0.25) is 0 Å². The predicted molar refractivity (Wildman–Crippen MR) is 123 cm³/mol. The lowest BCUT2D eigenvalue weighted by Gasteiger charge is -2.42. The molecule has 1 saturated heterocycles. The van der Waals surface area contributed by atoms with Crippen LogP contribution >= 0.6 is 0 Å². The number of rotatable bonds is 5. The smallest absolute Gasteiger partial charge is 0.321 e. The summed E-state index contributed by atoms with van der Waals surface area (Å²) in [6, 6.07) is 18.4. The minimum Gasteiger partial charge on any atom is -0.457 e. The highest BCUT2D eigenvalue weighted by Crippen LogP contribution is 2.25. The Morgan fingerprint density at radius 3 is 2.24 bits per heavy atom.